The summed E-state index contributed by atoms with van der Waals surface area (Å²) in [6, 6.07) is 7.68. The summed E-state index contributed by atoms with van der Waals surface area (Å²) in [6.07, 6.45) is -1.27. The Hall–Kier alpha value is -2.11. The van der Waals surface area contributed by atoms with Gasteiger partial charge < -0.3 is 14.4 Å². The van der Waals surface area contributed by atoms with Gasteiger partial charge in [0.2, 0.25) is 0 Å². The first kappa shape index (κ1) is 18.2. The van der Waals surface area contributed by atoms with Gasteiger partial charge in [-0.3, -0.25) is 4.79 Å². The highest BCUT2D eigenvalue weighted by Gasteiger charge is 2.33. The number of hydrogen-bond acceptors (Lipinski definition) is 4. The Bertz CT molecular complexity index is 561. The lowest BCUT2D eigenvalue weighted by molar-refractivity contribution is -0.145. The summed E-state index contributed by atoms with van der Waals surface area (Å²) in [7, 11) is 0. The van der Waals surface area contributed by atoms with Crippen LogP contribution in [0.4, 0.5) is 9.18 Å². The van der Waals surface area contributed by atoms with Crippen molar-refractivity contribution >= 4 is 12.1 Å². The van der Waals surface area contributed by atoms with Crippen LogP contribution < -0.4 is 0 Å². The third-order valence-corrected chi connectivity index (χ3v) is 4.15. The normalized spacial score (nSPS) is 20.5. The molecule has 0 spiro atoms. The predicted octanol–water partition coefficient (Wildman–Crippen LogP) is 3.24. The van der Waals surface area contributed by atoms with Gasteiger partial charge in [0.05, 0.1) is 19.6 Å². The Morgan fingerprint density at radius 3 is 2.58 bits per heavy atom. The Labute approximate surface area is 141 Å². The predicted molar refractivity (Wildman–Crippen MR) is 87.2 cm³/mol. The van der Waals surface area contributed by atoms with Gasteiger partial charge in [-0.25, -0.2) is 9.18 Å². The number of esters is 1. The molecule has 1 heterocycles. The van der Waals surface area contributed by atoms with Gasteiger partial charge in [-0.1, -0.05) is 29.8 Å². The van der Waals surface area contributed by atoms with Crippen LogP contribution in [0, 0.1) is 12.8 Å². The number of alkyl halides is 1. The van der Waals surface area contributed by atoms with Crippen LogP contribution in [0.15, 0.2) is 24.3 Å². The van der Waals surface area contributed by atoms with Crippen LogP contribution in [0.1, 0.15) is 30.9 Å². The molecule has 6 heteroatoms. The highest BCUT2D eigenvalue weighted by atomic mass is 19.1. The number of hydrogen-bond donors (Lipinski definition) is 0. The van der Waals surface area contributed by atoms with E-state index in [1.807, 2.05) is 31.2 Å². The number of piperidine rings is 1. The van der Waals surface area contributed by atoms with Gasteiger partial charge in [-0.05, 0) is 25.8 Å². The summed E-state index contributed by atoms with van der Waals surface area (Å²) >= 11 is 0. The van der Waals surface area contributed by atoms with E-state index in [4.69, 9.17) is 9.47 Å². The molecular formula is C18H24FNO4. The van der Waals surface area contributed by atoms with Crippen LogP contribution in [0.5, 0.6) is 0 Å². The first-order valence-electron chi connectivity index (χ1n) is 8.26. The van der Waals surface area contributed by atoms with E-state index in [0.717, 1.165) is 11.1 Å². The van der Waals surface area contributed by atoms with Crippen molar-refractivity contribution in [1.82, 2.24) is 4.90 Å². The van der Waals surface area contributed by atoms with Crippen LogP contribution >= 0.6 is 0 Å². The average Bonchev–Trinajstić information content (AvgIpc) is 2.56. The standard InChI is InChI=1S/C18H24FNO4/c1-3-23-17(21)10-15-8-9-20(11-16(15)19)18(22)24-12-14-6-4-13(2)5-7-14/h4-7,15-16H,3,8-12H2,1-2H3. The van der Waals surface area contributed by atoms with Crippen LogP contribution in [0.2, 0.25) is 0 Å². The fourth-order valence-electron chi connectivity index (χ4n) is 2.70. The quantitative estimate of drug-likeness (QED) is 0.774. The lowest BCUT2D eigenvalue weighted by atomic mass is 9.92. The summed E-state index contributed by atoms with van der Waals surface area (Å²) in [5.74, 6) is -0.786. The Morgan fingerprint density at radius 2 is 1.96 bits per heavy atom. The van der Waals surface area contributed by atoms with Gasteiger partial charge in [0.25, 0.3) is 0 Å². The molecule has 1 amide bonds. The van der Waals surface area contributed by atoms with Crippen molar-refractivity contribution in [2.24, 2.45) is 5.92 Å². The van der Waals surface area contributed by atoms with Gasteiger partial charge in [0, 0.05) is 12.5 Å². The molecule has 1 aliphatic heterocycles. The molecule has 2 unspecified atom stereocenters. The van der Waals surface area contributed by atoms with E-state index in [1.165, 1.54) is 4.90 Å². The third-order valence-electron chi connectivity index (χ3n) is 4.15. The van der Waals surface area contributed by atoms with Crippen molar-refractivity contribution in [3.05, 3.63) is 35.4 Å². The Balaban J connectivity index is 1.78. The lowest BCUT2D eigenvalue weighted by Crippen LogP contribution is -2.45. The van der Waals surface area contributed by atoms with Crippen molar-refractivity contribution in [3.8, 4) is 0 Å². The molecule has 132 valence electrons. The number of aryl methyl sites for hydroxylation is 1. The van der Waals surface area contributed by atoms with E-state index in [-0.39, 0.29) is 25.5 Å². The SMILES string of the molecule is CCOC(=O)CC1CCN(C(=O)OCc2ccc(C)cc2)CC1F. The summed E-state index contributed by atoms with van der Waals surface area (Å²) in [6.45, 7) is 4.50. The topological polar surface area (TPSA) is 55.8 Å². The maximum Gasteiger partial charge on any atom is 0.410 e. The number of amides is 1. The molecule has 0 radical (unpaired) electrons. The molecule has 0 aliphatic carbocycles. The number of carbonyl (C=O) groups excluding carboxylic acids is 2. The zero-order valence-corrected chi connectivity index (χ0v) is 14.2. The second-order valence-electron chi connectivity index (χ2n) is 6.06. The smallest absolute Gasteiger partial charge is 0.410 e. The van der Waals surface area contributed by atoms with Gasteiger partial charge in [0.15, 0.2) is 0 Å². The first-order chi connectivity index (χ1) is 11.5. The number of benzene rings is 1. The maximum atomic E-state index is 14.2. The molecule has 1 aromatic rings. The average molecular weight is 337 g/mol. The molecule has 0 bridgehead atoms. The molecule has 0 aromatic heterocycles. The fraction of sp³-hybridized carbons (Fsp3) is 0.556. The van der Waals surface area contributed by atoms with Crippen molar-refractivity contribution in [1.29, 1.82) is 0 Å². The van der Waals surface area contributed by atoms with Crippen LogP contribution in [-0.4, -0.2) is 42.8 Å². The van der Waals surface area contributed by atoms with Crippen molar-refractivity contribution < 1.29 is 23.5 Å². The van der Waals surface area contributed by atoms with E-state index in [2.05, 4.69) is 0 Å². The van der Waals surface area contributed by atoms with Gasteiger partial charge in [-0.2, -0.15) is 0 Å². The molecule has 1 saturated heterocycles. The molecule has 1 aromatic carbocycles. The number of halogens is 1. The van der Waals surface area contributed by atoms with Crippen LogP contribution in [0.3, 0.4) is 0 Å². The Kier molecular flexibility index (Phi) is 6.58. The molecule has 0 saturated carbocycles. The fourth-order valence-corrected chi connectivity index (χ4v) is 2.70. The van der Waals surface area contributed by atoms with Crippen molar-refractivity contribution in [2.45, 2.75) is 39.5 Å². The number of nitrogens with zero attached hydrogens (tertiary/aromatic N) is 1. The van der Waals surface area contributed by atoms with E-state index >= 15 is 0 Å². The molecule has 1 fully saturated rings. The molecule has 1 aliphatic rings. The molecule has 24 heavy (non-hydrogen) atoms. The number of rotatable bonds is 5. The zero-order valence-electron chi connectivity index (χ0n) is 14.2. The zero-order chi connectivity index (χ0) is 17.5. The second-order valence-corrected chi connectivity index (χ2v) is 6.06. The molecule has 2 atom stereocenters. The summed E-state index contributed by atoms with van der Waals surface area (Å²) in [5.41, 5.74) is 2.02. The molecule has 2 rings (SSSR count). The minimum Gasteiger partial charge on any atom is -0.466 e. The second kappa shape index (κ2) is 8.66. The monoisotopic (exact) mass is 337 g/mol. The van der Waals surface area contributed by atoms with Crippen molar-refractivity contribution in [3.63, 3.8) is 0 Å². The number of likely N-dealkylation sites (tertiary alicyclic amines) is 1. The third kappa shape index (κ3) is 5.22. The minimum absolute atomic E-state index is 0.0448. The van der Waals surface area contributed by atoms with E-state index in [1.54, 1.807) is 6.92 Å². The summed E-state index contributed by atoms with van der Waals surface area (Å²) in [4.78, 5) is 24.9. The maximum absolute atomic E-state index is 14.2. The largest absolute Gasteiger partial charge is 0.466 e. The van der Waals surface area contributed by atoms with Crippen molar-refractivity contribution in [2.75, 3.05) is 19.7 Å². The molecule has 0 N–H and O–H groups in total. The number of carbonyl (C=O) groups is 2. The highest BCUT2D eigenvalue weighted by Crippen LogP contribution is 2.24. The van der Waals surface area contributed by atoms with Crippen LogP contribution in [0.25, 0.3) is 0 Å². The lowest BCUT2D eigenvalue weighted by Gasteiger charge is -2.33. The van der Waals surface area contributed by atoms with E-state index in [9.17, 15) is 14.0 Å². The van der Waals surface area contributed by atoms with Gasteiger partial charge >= 0.3 is 12.1 Å². The minimum atomic E-state index is -1.24. The van der Waals surface area contributed by atoms with E-state index < -0.39 is 18.2 Å². The molecule has 5 nitrogen and oxygen atoms in total. The molecular weight excluding hydrogens is 313 g/mol. The highest BCUT2D eigenvalue weighted by molar-refractivity contribution is 5.70. The van der Waals surface area contributed by atoms with Gasteiger partial charge in [0.1, 0.15) is 12.8 Å². The van der Waals surface area contributed by atoms with Gasteiger partial charge in [-0.15, -0.1) is 0 Å². The summed E-state index contributed by atoms with van der Waals surface area (Å²) in [5, 5.41) is 0. The van der Waals surface area contributed by atoms with E-state index in [0.29, 0.717) is 19.6 Å². The summed E-state index contributed by atoms with van der Waals surface area (Å²) < 4.78 is 24.3. The number of ether oxygens (including phenoxy) is 2. The first-order valence-corrected chi connectivity index (χ1v) is 8.26. The van der Waals surface area contributed by atoms with Crippen LogP contribution in [-0.2, 0) is 20.9 Å². The Morgan fingerprint density at radius 1 is 1.25 bits per heavy atom.